The summed E-state index contributed by atoms with van der Waals surface area (Å²) in [4.78, 5) is 24.6. The minimum absolute atomic E-state index is 0.202. The molecule has 2 N–H and O–H groups in total. The van der Waals surface area contributed by atoms with Crippen LogP contribution in [0.3, 0.4) is 0 Å². The number of nitrogens with one attached hydrogen (secondary N) is 1. The highest BCUT2D eigenvalue weighted by molar-refractivity contribution is 5.83. The zero-order chi connectivity index (χ0) is 15.4. The van der Waals surface area contributed by atoms with Gasteiger partial charge in [-0.15, -0.1) is 10.2 Å². The lowest BCUT2D eigenvalue weighted by Crippen LogP contribution is -2.46. The molecule has 1 aliphatic rings. The van der Waals surface area contributed by atoms with Gasteiger partial charge in [0.05, 0.1) is 12.6 Å². The molecule has 2 unspecified atom stereocenters. The summed E-state index contributed by atoms with van der Waals surface area (Å²) in [5.41, 5.74) is 0. The summed E-state index contributed by atoms with van der Waals surface area (Å²) in [6.07, 6.45) is 1.62. The van der Waals surface area contributed by atoms with Gasteiger partial charge in [0.2, 0.25) is 0 Å². The Hall–Kier alpha value is -2.16. The van der Waals surface area contributed by atoms with Crippen molar-refractivity contribution in [2.45, 2.75) is 38.6 Å². The van der Waals surface area contributed by atoms with Crippen molar-refractivity contribution in [3.05, 3.63) is 12.2 Å². The molecule has 116 valence electrons. The fourth-order valence-corrected chi connectivity index (χ4v) is 2.36. The number of hydrogen-bond acceptors (Lipinski definition) is 5. The SMILES string of the molecule is CCn1cnnc1CNC(=O)N1CC(OC)CC1C(=O)O. The van der Waals surface area contributed by atoms with Gasteiger partial charge in [0, 0.05) is 26.6 Å². The second-order valence-corrected chi connectivity index (χ2v) is 4.79. The number of hydrogen-bond donors (Lipinski definition) is 2. The lowest BCUT2D eigenvalue weighted by Gasteiger charge is -2.21. The van der Waals surface area contributed by atoms with Gasteiger partial charge in [0.25, 0.3) is 0 Å². The maximum atomic E-state index is 12.2. The van der Waals surface area contributed by atoms with Gasteiger partial charge in [-0.1, -0.05) is 0 Å². The Morgan fingerprint density at radius 2 is 2.33 bits per heavy atom. The predicted octanol–water partition coefficient (Wildman–Crippen LogP) is -0.318. The van der Waals surface area contributed by atoms with Crippen LogP contribution >= 0.6 is 0 Å². The number of urea groups is 1. The molecule has 0 aromatic carbocycles. The van der Waals surface area contributed by atoms with Gasteiger partial charge in [-0.2, -0.15) is 0 Å². The number of nitrogens with zero attached hydrogens (tertiary/aromatic N) is 4. The third-order valence-electron chi connectivity index (χ3n) is 3.58. The highest BCUT2D eigenvalue weighted by Gasteiger charge is 2.39. The topological polar surface area (TPSA) is 110 Å². The highest BCUT2D eigenvalue weighted by Crippen LogP contribution is 2.20. The average molecular weight is 297 g/mol. The molecule has 2 atom stereocenters. The second kappa shape index (κ2) is 6.53. The first-order valence-electron chi connectivity index (χ1n) is 6.73. The first-order valence-corrected chi connectivity index (χ1v) is 6.73. The maximum absolute atomic E-state index is 12.2. The third-order valence-corrected chi connectivity index (χ3v) is 3.58. The van der Waals surface area contributed by atoms with Crippen LogP contribution in [-0.2, 0) is 22.6 Å². The zero-order valence-electron chi connectivity index (χ0n) is 12.0. The number of carboxylic acid groups (broad SMARTS) is 1. The monoisotopic (exact) mass is 297 g/mol. The van der Waals surface area contributed by atoms with Crippen LogP contribution in [0.2, 0.25) is 0 Å². The normalized spacial score (nSPS) is 21.5. The molecule has 2 rings (SSSR count). The Labute approximate surface area is 121 Å². The van der Waals surface area contributed by atoms with Crippen molar-refractivity contribution < 1.29 is 19.4 Å². The number of aliphatic carboxylic acids is 1. The Bertz CT molecular complexity index is 518. The summed E-state index contributed by atoms with van der Waals surface area (Å²) in [6, 6.07) is -1.30. The molecule has 2 heterocycles. The summed E-state index contributed by atoms with van der Waals surface area (Å²) in [6.45, 7) is 3.11. The Morgan fingerprint density at radius 3 is 2.95 bits per heavy atom. The van der Waals surface area contributed by atoms with E-state index in [-0.39, 0.29) is 19.2 Å². The van der Waals surface area contributed by atoms with Crippen molar-refractivity contribution >= 4 is 12.0 Å². The number of rotatable bonds is 5. The summed E-state index contributed by atoms with van der Waals surface area (Å²) in [7, 11) is 1.51. The Kier molecular flexibility index (Phi) is 4.73. The van der Waals surface area contributed by atoms with E-state index in [9.17, 15) is 14.7 Å². The van der Waals surface area contributed by atoms with E-state index in [1.807, 2.05) is 6.92 Å². The maximum Gasteiger partial charge on any atom is 0.326 e. The van der Waals surface area contributed by atoms with Gasteiger partial charge >= 0.3 is 12.0 Å². The molecule has 1 saturated heterocycles. The van der Waals surface area contributed by atoms with Crippen LogP contribution in [0.1, 0.15) is 19.2 Å². The zero-order valence-corrected chi connectivity index (χ0v) is 12.0. The number of carboxylic acids is 1. The average Bonchev–Trinajstić information content (AvgIpc) is 3.10. The molecule has 1 aromatic rings. The van der Waals surface area contributed by atoms with Gasteiger partial charge < -0.3 is 24.6 Å². The number of aryl methyl sites for hydroxylation is 1. The minimum Gasteiger partial charge on any atom is -0.480 e. The second-order valence-electron chi connectivity index (χ2n) is 4.79. The molecular formula is C12H19N5O4. The number of likely N-dealkylation sites (tertiary alicyclic amines) is 1. The van der Waals surface area contributed by atoms with Crippen LogP contribution in [0.5, 0.6) is 0 Å². The molecular weight excluding hydrogens is 278 g/mol. The molecule has 0 radical (unpaired) electrons. The van der Waals surface area contributed by atoms with Crippen LogP contribution in [-0.4, -0.2) is 62.6 Å². The van der Waals surface area contributed by atoms with E-state index in [2.05, 4.69) is 15.5 Å². The molecule has 0 aliphatic carbocycles. The summed E-state index contributed by atoms with van der Waals surface area (Å²) in [5.74, 6) is -0.401. The molecule has 0 spiro atoms. The number of aromatic nitrogens is 3. The highest BCUT2D eigenvalue weighted by atomic mass is 16.5. The molecule has 0 bridgehead atoms. The fourth-order valence-electron chi connectivity index (χ4n) is 2.36. The molecule has 1 fully saturated rings. The largest absolute Gasteiger partial charge is 0.480 e. The van der Waals surface area contributed by atoms with Gasteiger partial charge in [-0.3, -0.25) is 0 Å². The van der Waals surface area contributed by atoms with Crippen molar-refractivity contribution in [2.24, 2.45) is 0 Å². The third kappa shape index (κ3) is 3.30. The van der Waals surface area contributed by atoms with E-state index in [0.29, 0.717) is 18.8 Å². The van der Waals surface area contributed by atoms with Crippen LogP contribution in [0, 0.1) is 0 Å². The number of carbonyl (C=O) groups is 2. The van der Waals surface area contributed by atoms with Crippen LogP contribution in [0.15, 0.2) is 6.33 Å². The van der Waals surface area contributed by atoms with Gasteiger partial charge in [0.1, 0.15) is 12.4 Å². The van der Waals surface area contributed by atoms with Crippen LogP contribution in [0.25, 0.3) is 0 Å². The molecule has 9 heteroatoms. The number of amides is 2. The standard InChI is InChI=1S/C12H19N5O4/c1-3-16-7-14-15-10(16)5-13-12(20)17-6-8(21-2)4-9(17)11(18)19/h7-9H,3-6H2,1-2H3,(H,13,20)(H,18,19). The Balaban J connectivity index is 1.97. The molecule has 1 aromatic heterocycles. The molecule has 2 amide bonds. The van der Waals surface area contributed by atoms with Crippen molar-refractivity contribution in [1.29, 1.82) is 0 Å². The summed E-state index contributed by atoms with van der Waals surface area (Å²) in [5, 5.41) is 19.5. The Morgan fingerprint density at radius 1 is 1.57 bits per heavy atom. The fraction of sp³-hybridized carbons (Fsp3) is 0.667. The summed E-state index contributed by atoms with van der Waals surface area (Å²) >= 11 is 0. The van der Waals surface area contributed by atoms with E-state index < -0.39 is 18.0 Å². The molecule has 0 saturated carbocycles. The van der Waals surface area contributed by atoms with Crippen molar-refractivity contribution in [3.63, 3.8) is 0 Å². The first-order chi connectivity index (χ1) is 10.1. The predicted molar refractivity (Wildman–Crippen MR) is 71.5 cm³/mol. The first kappa shape index (κ1) is 15.2. The number of methoxy groups -OCH3 is 1. The van der Waals surface area contributed by atoms with Gasteiger partial charge in [-0.25, -0.2) is 9.59 Å². The lowest BCUT2D eigenvalue weighted by molar-refractivity contribution is -0.141. The summed E-state index contributed by atoms with van der Waals surface area (Å²) < 4.78 is 6.95. The lowest BCUT2D eigenvalue weighted by atomic mass is 10.2. The molecule has 9 nitrogen and oxygen atoms in total. The minimum atomic E-state index is -1.03. The quantitative estimate of drug-likeness (QED) is 0.771. The van der Waals surface area contributed by atoms with Crippen molar-refractivity contribution in [1.82, 2.24) is 25.0 Å². The smallest absolute Gasteiger partial charge is 0.326 e. The van der Waals surface area contributed by atoms with Crippen molar-refractivity contribution in [3.8, 4) is 0 Å². The van der Waals surface area contributed by atoms with E-state index in [1.54, 1.807) is 10.9 Å². The van der Waals surface area contributed by atoms with Gasteiger partial charge in [0.15, 0.2) is 5.82 Å². The van der Waals surface area contributed by atoms with Gasteiger partial charge in [-0.05, 0) is 6.92 Å². The number of ether oxygens (including phenoxy) is 1. The molecule has 1 aliphatic heterocycles. The number of carbonyl (C=O) groups excluding carboxylic acids is 1. The van der Waals surface area contributed by atoms with E-state index in [1.165, 1.54) is 12.0 Å². The molecule has 21 heavy (non-hydrogen) atoms. The van der Waals surface area contributed by atoms with Crippen molar-refractivity contribution in [2.75, 3.05) is 13.7 Å². The van der Waals surface area contributed by atoms with E-state index in [4.69, 9.17) is 4.74 Å². The van der Waals surface area contributed by atoms with Crippen LogP contribution < -0.4 is 5.32 Å². The van der Waals surface area contributed by atoms with E-state index in [0.717, 1.165) is 0 Å². The van der Waals surface area contributed by atoms with E-state index >= 15 is 0 Å². The van der Waals surface area contributed by atoms with Crippen LogP contribution in [0.4, 0.5) is 4.79 Å².